The van der Waals surface area contributed by atoms with Crippen molar-refractivity contribution in [2.24, 2.45) is 0 Å². The Morgan fingerprint density at radius 3 is 2.59 bits per heavy atom. The van der Waals surface area contributed by atoms with Gasteiger partial charge in [-0.15, -0.1) is 0 Å². The summed E-state index contributed by atoms with van der Waals surface area (Å²) in [5.74, 6) is 2.50. The van der Waals surface area contributed by atoms with E-state index in [0.29, 0.717) is 13.2 Å². The van der Waals surface area contributed by atoms with Crippen LogP contribution in [0.1, 0.15) is 24.0 Å². The molecule has 0 aliphatic heterocycles. The summed E-state index contributed by atoms with van der Waals surface area (Å²) in [5.41, 5.74) is 5.26. The van der Waals surface area contributed by atoms with Gasteiger partial charge in [0.1, 0.15) is 5.75 Å². The first kappa shape index (κ1) is 17.9. The quantitative estimate of drug-likeness (QED) is 0.465. The highest BCUT2D eigenvalue weighted by atomic mass is 32.1. The fourth-order valence-corrected chi connectivity index (χ4v) is 4.13. The Kier molecular flexibility index (Phi) is 5.64. The summed E-state index contributed by atoms with van der Waals surface area (Å²) in [6.07, 6.45) is 4.47. The Bertz CT molecular complexity index is 887. The fraction of sp³-hybridized carbons (Fsp3) is 0.304. The number of ether oxygens (including phenoxy) is 3. The topological polar surface area (TPSA) is 27.7 Å². The van der Waals surface area contributed by atoms with E-state index >= 15 is 0 Å². The van der Waals surface area contributed by atoms with Crippen LogP contribution >= 0.6 is 11.3 Å². The van der Waals surface area contributed by atoms with Gasteiger partial charge in [0.15, 0.2) is 11.5 Å². The third-order valence-corrected chi connectivity index (χ3v) is 5.59. The number of thiophene rings is 1. The minimum Gasteiger partial charge on any atom is -0.493 e. The summed E-state index contributed by atoms with van der Waals surface area (Å²) >= 11 is 1.69. The molecule has 0 fully saturated rings. The predicted octanol–water partition coefficient (Wildman–Crippen LogP) is 5.76. The van der Waals surface area contributed by atoms with Crippen LogP contribution < -0.4 is 14.2 Å². The molecule has 0 spiro atoms. The summed E-state index contributed by atoms with van der Waals surface area (Å²) in [5, 5.41) is 4.21. The van der Waals surface area contributed by atoms with Crippen LogP contribution in [-0.4, -0.2) is 20.3 Å². The monoisotopic (exact) mass is 380 g/mol. The summed E-state index contributed by atoms with van der Waals surface area (Å²) < 4.78 is 17.3. The third-order valence-electron chi connectivity index (χ3n) is 4.90. The number of aryl methyl sites for hydroxylation is 2. The molecule has 4 rings (SSSR count). The molecule has 1 aromatic heterocycles. The number of benzene rings is 2. The predicted molar refractivity (Wildman–Crippen MR) is 110 cm³/mol. The van der Waals surface area contributed by atoms with Crippen LogP contribution in [0.4, 0.5) is 0 Å². The molecule has 3 aromatic rings. The fourth-order valence-electron chi connectivity index (χ4n) is 3.46. The lowest BCUT2D eigenvalue weighted by Crippen LogP contribution is -2.06. The summed E-state index contributed by atoms with van der Waals surface area (Å²) in [6, 6.07) is 14.7. The summed E-state index contributed by atoms with van der Waals surface area (Å²) in [6.45, 7) is 1.24. The van der Waals surface area contributed by atoms with Crippen molar-refractivity contribution in [1.29, 1.82) is 0 Å². The van der Waals surface area contributed by atoms with Crippen LogP contribution in [0.3, 0.4) is 0 Å². The highest BCUT2D eigenvalue weighted by Crippen LogP contribution is 2.33. The zero-order valence-corrected chi connectivity index (χ0v) is 16.4. The summed E-state index contributed by atoms with van der Waals surface area (Å²) in [4.78, 5) is 0. The van der Waals surface area contributed by atoms with Crippen LogP contribution in [0.5, 0.6) is 17.2 Å². The van der Waals surface area contributed by atoms with E-state index in [1.807, 2.05) is 12.1 Å². The average molecular weight is 381 g/mol. The van der Waals surface area contributed by atoms with Gasteiger partial charge in [0.05, 0.1) is 20.3 Å². The lowest BCUT2D eigenvalue weighted by atomic mass is 10.1. The molecule has 0 radical (unpaired) electrons. The van der Waals surface area contributed by atoms with E-state index in [0.717, 1.165) is 29.2 Å². The number of methoxy groups -OCH3 is 1. The maximum absolute atomic E-state index is 5.91. The van der Waals surface area contributed by atoms with Gasteiger partial charge in [-0.1, -0.05) is 12.1 Å². The van der Waals surface area contributed by atoms with E-state index in [1.54, 1.807) is 18.4 Å². The van der Waals surface area contributed by atoms with Gasteiger partial charge in [0.2, 0.25) is 0 Å². The van der Waals surface area contributed by atoms with Crippen molar-refractivity contribution in [3.63, 3.8) is 0 Å². The van der Waals surface area contributed by atoms with E-state index in [2.05, 4.69) is 41.1 Å². The number of hydrogen-bond donors (Lipinski definition) is 0. The second kappa shape index (κ2) is 8.49. The molecule has 1 aliphatic rings. The Labute approximate surface area is 164 Å². The van der Waals surface area contributed by atoms with Gasteiger partial charge in [-0.3, -0.25) is 0 Å². The zero-order chi connectivity index (χ0) is 18.5. The van der Waals surface area contributed by atoms with Crippen molar-refractivity contribution in [1.82, 2.24) is 0 Å². The molecule has 0 unspecified atom stereocenters. The zero-order valence-electron chi connectivity index (χ0n) is 15.6. The largest absolute Gasteiger partial charge is 0.493 e. The van der Waals surface area contributed by atoms with Crippen LogP contribution in [0.25, 0.3) is 11.1 Å². The first-order chi connectivity index (χ1) is 13.3. The first-order valence-electron chi connectivity index (χ1n) is 9.41. The Hall–Kier alpha value is -2.46. The van der Waals surface area contributed by atoms with E-state index in [9.17, 15) is 0 Å². The van der Waals surface area contributed by atoms with E-state index < -0.39 is 0 Å². The smallest absolute Gasteiger partial charge is 0.161 e. The van der Waals surface area contributed by atoms with E-state index in [-0.39, 0.29) is 0 Å². The maximum atomic E-state index is 5.91. The lowest BCUT2D eigenvalue weighted by molar-refractivity contribution is 0.240. The highest BCUT2D eigenvalue weighted by Gasteiger charge is 2.11. The second-order valence-electron chi connectivity index (χ2n) is 6.71. The molecule has 2 aromatic carbocycles. The molecule has 0 bridgehead atoms. The number of fused-ring (bicyclic) bond motifs is 1. The minimum atomic E-state index is 0.596. The molecule has 0 amide bonds. The molecule has 0 atom stereocenters. The standard InChI is InChI=1S/C23H24O3S/c1-24-23-15-19(20-10-13-27-16-20)7-9-22(23)26-12-3-11-25-21-8-6-17-4-2-5-18(17)14-21/h6-10,13-16H,2-5,11-12H2,1H3. The normalized spacial score (nSPS) is 12.6. The Balaban J connectivity index is 1.27. The van der Waals surface area contributed by atoms with E-state index in [1.165, 1.54) is 36.0 Å². The second-order valence-corrected chi connectivity index (χ2v) is 7.49. The molecule has 4 heteroatoms. The first-order valence-corrected chi connectivity index (χ1v) is 10.4. The molecule has 27 heavy (non-hydrogen) atoms. The maximum Gasteiger partial charge on any atom is 0.161 e. The van der Waals surface area contributed by atoms with Gasteiger partial charge >= 0.3 is 0 Å². The SMILES string of the molecule is COc1cc(-c2ccsc2)ccc1OCCCOc1ccc2c(c1)CCC2. The summed E-state index contributed by atoms with van der Waals surface area (Å²) in [7, 11) is 1.68. The molecular weight excluding hydrogens is 356 g/mol. The minimum absolute atomic E-state index is 0.596. The molecule has 1 aliphatic carbocycles. The Morgan fingerprint density at radius 2 is 1.74 bits per heavy atom. The van der Waals surface area contributed by atoms with Crippen molar-refractivity contribution in [2.45, 2.75) is 25.7 Å². The van der Waals surface area contributed by atoms with Gasteiger partial charge in [-0.2, -0.15) is 11.3 Å². The van der Waals surface area contributed by atoms with Crippen LogP contribution in [-0.2, 0) is 12.8 Å². The van der Waals surface area contributed by atoms with Gasteiger partial charge in [-0.25, -0.2) is 0 Å². The van der Waals surface area contributed by atoms with Crippen molar-refractivity contribution < 1.29 is 14.2 Å². The number of hydrogen-bond acceptors (Lipinski definition) is 4. The lowest BCUT2D eigenvalue weighted by Gasteiger charge is -2.12. The van der Waals surface area contributed by atoms with Gasteiger partial charge in [0.25, 0.3) is 0 Å². The van der Waals surface area contributed by atoms with Crippen molar-refractivity contribution >= 4 is 11.3 Å². The average Bonchev–Trinajstić information content (AvgIpc) is 3.39. The van der Waals surface area contributed by atoms with Crippen LogP contribution in [0.2, 0.25) is 0 Å². The van der Waals surface area contributed by atoms with Crippen molar-refractivity contribution in [3.8, 4) is 28.4 Å². The van der Waals surface area contributed by atoms with E-state index in [4.69, 9.17) is 14.2 Å². The van der Waals surface area contributed by atoms with Gasteiger partial charge in [-0.05, 0) is 82.6 Å². The molecule has 0 N–H and O–H groups in total. The molecule has 0 saturated heterocycles. The molecule has 1 heterocycles. The van der Waals surface area contributed by atoms with Gasteiger partial charge < -0.3 is 14.2 Å². The molecular formula is C23H24O3S. The van der Waals surface area contributed by atoms with Crippen LogP contribution in [0.15, 0.2) is 53.2 Å². The van der Waals surface area contributed by atoms with Crippen molar-refractivity contribution in [3.05, 3.63) is 64.4 Å². The Morgan fingerprint density at radius 1 is 0.852 bits per heavy atom. The van der Waals surface area contributed by atoms with Crippen molar-refractivity contribution in [2.75, 3.05) is 20.3 Å². The molecule has 140 valence electrons. The third kappa shape index (κ3) is 4.28. The number of rotatable bonds is 8. The molecule has 3 nitrogen and oxygen atoms in total. The van der Waals surface area contributed by atoms with Crippen LogP contribution in [0, 0.1) is 0 Å². The highest BCUT2D eigenvalue weighted by molar-refractivity contribution is 7.08. The molecule has 0 saturated carbocycles. The van der Waals surface area contributed by atoms with Gasteiger partial charge in [0, 0.05) is 6.42 Å².